The fraction of sp³-hybridized carbons (Fsp3) is 0.136. The largest absolute Gasteiger partial charge is 0.277 e. The molecule has 0 bridgehead atoms. The molecule has 3 heterocycles. The van der Waals surface area contributed by atoms with Gasteiger partial charge in [-0.25, -0.2) is 9.97 Å². The number of thiazole rings is 2. The monoisotopic (exact) mass is 437 g/mol. The van der Waals surface area contributed by atoms with Crippen molar-refractivity contribution in [3.05, 3.63) is 76.5 Å². The number of aromatic nitrogens is 2. The normalized spacial score (nSPS) is 18.7. The molecule has 0 radical (unpaired) electrons. The number of nitrogens with zero attached hydrogens (tertiary/aromatic N) is 3. The molecule has 1 amide bonds. The molecule has 1 aliphatic heterocycles. The first-order valence-electron chi connectivity index (χ1n) is 9.12. The number of carbonyl (C=O) groups excluding carboxylic acids is 1. The van der Waals surface area contributed by atoms with Crippen LogP contribution in [-0.4, -0.2) is 21.3 Å². The molecule has 0 aliphatic carbocycles. The van der Waals surface area contributed by atoms with Crippen molar-refractivity contribution < 1.29 is 4.79 Å². The number of β-lactam (4-membered cyclic amide) rings is 1. The van der Waals surface area contributed by atoms with Crippen LogP contribution < -0.4 is 4.90 Å². The van der Waals surface area contributed by atoms with E-state index in [9.17, 15) is 4.79 Å². The van der Waals surface area contributed by atoms with E-state index in [1.54, 1.807) is 16.2 Å². The van der Waals surface area contributed by atoms with Crippen LogP contribution in [0.3, 0.4) is 0 Å². The molecule has 1 fully saturated rings. The van der Waals surface area contributed by atoms with E-state index in [2.05, 4.69) is 31.2 Å². The molecular weight excluding hydrogens is 422 g/mol. The molecule has 2 aromatic carbocycles. The van der Waals surface area contributed by atoms with Gasteiger partial charge >= 0.3 is 0 Å². The van der Waals surface area contributed by atoms with Crippen molar-refractivity contribution in [3.63, 3.8) is 0 Å². The van der Waals surface area contributed by atoms with Crippen molar-refractivity contribution in [3.8, 4) is 22.0 Å². The van der Waals surface area contributed by atoms with Crippen LogP contribution in [-0.2, 0) is 4.79 Å². The zero-order chi connectivity index (χ0) is 20.0. The van der Waals surface area contributed by atoms with E-state index >= 15 is 0 Å². The maximum Gasteiger partial charge on any atom is 0.249 e. The molecule has 0 N–H and O–H groups in total. The Labute approximate surface area is 181 Å². The summed E-state index contributed by atoms with van der Waals surface area (Å²) in [6, 6.07) is 18.0. The Hall–Kier alpha value is -2.54. The predicted octanol–water partition coefficient (Wildman–Crippen LogP) is 5.94. The Bertz CT molecular complexity index is 1170. The zero-order valence-corrected chi connectivity index (χ0v) is 17.8. The molecule has 1 aliphatic rings. The van der Waals surface area contributed by atoms with Gasteiger partial charge < -0.3 is 0 Å². The van der Waals surface area contributed by atoms with Crippen LogP contribution in [0.15, 0.2) is 65.4 Å². The second-order valence-electron chi connectivity index (χ2n) is 6.88. The van der Waals surface area contributed by atoms with Crippen molar-refractivity contribution in [2.45, 2.75) is 18.3 Å². The van der Waals surface area contributed by atoms with E-state index in [0.717, 1.165) is 27.5 Å². The van der Waals surface area contributed by atoms with Crippen molar-refractivity contribution in [2.75, 3.05) is 4.90 Å². The summed E-state index contributed by atoms with van der Waals surface area (Å²) in [5.74, 6) is -0.110. The fourth-order valence-electron chi connectivity index (χ4n) is 3.36. The van der Waals surface area contributed by atoms with Crippen LogP contribution in [0.5, 0.6) is 0 Å². The van der Waals surface area contributed by atoms with Crippen molar-refractivity contribution >= 4 is 45.3 Å². The summed E-state index contributed by atoms with van der Waals surface area (Å²) in [5, 5.41) is 4.93. The molecule has 2 unspecified atom stereocenters. The van der Waals surface area contributed by atoms with Crippen LogP contribution in [0.4, 0.5) is 5.13 Å². The highest BCUT2D eigenvalue weighted by molar-refractivity contribution is 7.16. The Kier molecular flexibility index (Phi) is 4.70. The molecule has 4 nitrogen and oxygen atoms in total. The third kappa shape index (κ3) is 3.27. The standard InChI is InChI=1S/C22H16ClN3OS2/c1-13-7-9-14(10-8-13)16-11-28-20(24-16)17-12-29-22(25-17)26-19(18(23)21(26)27)15-5-3-2-4-6-15/h2-12,18-19H,1H3. The zero-order valence-electron chi connectivity index (χ0n) is 15.4. The molecule has 0 saturated carbocycles. The van der Waals surface area contributed by atoms with E-state index in [0.29, 0.717) is 5.13 Å². The van der Waals surface area contributed by atoms with Gasteiger partial charge in [0.2, 0.25) is 5.91 Å². The minimum atomic E-state index is -0.558. The van der Waals surface area contributed by atoms with Gasteiger partial charge in [-0.15, -0.1) is 34.3 Å². The predicted molar refractivity (Wildman–Crippen MR) is 120 cm³/mol. The summed E-state index contributed by atoms with van der Waals surface area (Å²) < 4.78 is 0. The van der Waals surface area contributed by atoms with Gasteiger partial charge in [-0.3, -0.25) is 9.69 Å². The SMILES string of the molecule is Cc1ccc(-c2csc(-c3csc(N4C(=O)C(Cl)C4c4ccccc4)n3)n2)cc1. The number of amides is 1. The minimum absolute atomic E-state index is 0.110. The van der Waals surface area contributed by atoms with E-state index in [1.807, 2.05) is 41.1 Å². The van der Waals surface area contributed by atoms with Crippen LogP contribution in [0.2, 0.25) is 0 Å². The molecule has 2 aromatic heterocycles. The van der Waals surface area contributed by atoms with Gasteiger partial charge in [0.15, 0.2) is 5.13 Å². The number of alkyl halides is 1. The van der Waals surface area contributed by atoms with E-state index in [-0.39, 0.29) is 11.9 Å². The lowest BCUT2D eigenvalue weighted by molar-refractivity contribution is -0.123. The summed E-state index contributed by atoms with van der Waals surface area (Å²) >= 11 is 9.32. The summed E-state index contributed by atoms with van der Waals surface area (Å²) in [4.78, 5) is 23.6. The van der Waals surface area contributed by atoms with Gasteiger partial charge in [-0.2, -0.15) is 0 Å². The van der Waals surface area contributed by atoms with E-state index < -0.39 is 5.38 Å². The fourth-order valence-corrected chi connectivity index (χ4v) is 5.43. The molecule has 4 aromatic rings. The highest BCUT2D eigenvalue weighted by Crippen LogP contribution is 2.44. The number of carbonyl (C=O) groups is 1. The first kappa shape index (κ1) is 18.5. The summed E-state index contributed by atoms with van der Waals surface area (Å²) in [6.45, 7) is 2.07. The quantitative estimate of drug-likeness (QED) is 0.293. The minimum Gasteiger partial charge on any atom is -0.277 e. The molecular formula is C22H16ClN3OS2. The third-order valence-corrected chi connectivity index (χ3v) is 7.07. The van der Waals surface area contributed by atoms with Gasteiger partial charge in [-0.1, -0.05) is 60.2 Å². The molecule has 2 atom stereocenters. The van der Waals surface area contributed by atoms with Crippen LogP contribution in [0, 0.1) is 6.92 Å². The van der Waals surface area contributed by atoms with E-state index in [4.69, 9.17) is 21.6 Å². The smallest absolute Gasteiger partial charge is 0.249 e. The lowest BCUT2D eigenvalue weighted by Gasteiger charge is -2.42. The van der Waals surface area contributed by atoms with Gasteiger partial charge in [0.1, 0.15) is 16.1 Å². The molecule has 0 spiro atoms. The molecule has 5 rings (SSSR count). The van der Waals surface area contributed by atoms with Gasteiger partial charge in [0.25, 0.3) is 0 Å². The Morgan fingerprint density at radius 1 is 0.931 bits per heavy atom. The maximum absolute atomic E-state index is 12.5. The van der Waals surface area contributed by atoms with Crippen LogP contribution in [0.25, 0.3) is 22.0 Å². The maximum atomic E-state index is 12.5. The second kappa shape index (κ2) is 7.37. The molecule has 1 saturated heterocycles. The number of anilines is 1. The summed E-state index contributed by atoms with van der Waals surface area (Å²) in [6.07, 6.45) is 0. The highest BCUT2D eigenvalue weighted by Gasteiger charge is 2.49. The van der Waals surface area contributed by atoms with Crippen molar-refractivity contribution in [1.29, 1.82) is 0 Å². The summed E-state index contributed by atoms with van der Waals surface area (Å²) in [5.41, 5.74) is 5.03. The average Bonchev–Trinajstić information content (AvgIpc) is 3.42. The first-order valence-corrected chi connectivity index (χ1v) is 11.3. The number of halogens is 1. The van der Waals surface area contributed by atoms with Crippen molar-refractivity contribution in [1.82, 2.24) is 9.97 Å². The second-order valence-corrected chi connectivity index (χ2v) is 9.05. The van der Waals surface area contributed by atoms with Crippen LogP contribution in [0.1, 0.15) is 17.2 Å². The molecule has 7 heteroatoms. The summed E-state index contributed by atoms with van der Waals surface area (Å²) in [7, 11) is 0. The molecule has 144 valence electrons. The number of aryl methyl sites for hydroxylation is 1. The highest BCUT2D eigenvalue weighted by atomic mass is 35.5. The van der Waals surface area contributed by atoms with Crippen LogP contribution >= 0.6 is 34.3 Å². The lowest BCUT2D eigenvalue weighted by atomic mass is 9.94. The Morgan fingerprint density at radius 3 is 2.41 bits per heavy atom. The van der Waals surface area contributed by atoms with E-state index in [1.165, 1.54) is 16.9 Å². The third-order valence-electron chi connectivity index (χ3n) is 4.94. The van der Waals surface area contributed by atoms with Gasteiger partial charge in [0.05, 0.1) is 11.7 Å². The number of hydrogen-bond donors (Lipinski definition) is 0. The van der Waals surface area contributed by atoms with Crippen molar-refractivity contribution in [2.24, 2.45) is 0 Å². The Balaban J connectivity index is 1.42. The topological polar surface area (TPSA) is 46.1 Å². The lowest BCUT2D eigenvalue weighted by Crippen LogP contribution is -2.56. The Morgan fingerprint density at radius 2 is 1.66 bits per heavy atom. The van der Waals surface area contributed by atoms with Gasteiger partial charge in [0, 0.05) is 16.3 Å². The number of benzene rings is 2. The van der Waals surface area contributed by atoms with Gasteiger partial charge in [-0.05, 0) is 12.5 Å². The average molecular weight is 438 g/mol. The number of hydrogen-bond acceptors (Lipinski definition) is 5. The first-order chi connectivity index (χ1) is 14.1. The number of rotatable bonds is 4. The molecule has 29 heavy (non-hydrogen) atoms.